The van der Waals surface area contributed by atoms with Crippen LogP contribution in [-0.2, 0) is 14.8 Å². The molecule has 2 amide bonds. The SMILES string of the molecule is NCCNC(=O)C1N(C(=O)Oc2ccccc2)CCCN1S(=O)(=O)c1ccc(Cl)c(Cl)c1. The van der Waals surface area contributed by atoms with Gasteiger partial charge in [0, 0.05) is 26.2 Å². The number of carbonyl (C=O) groups excluding carboxylic acids is 2. The predicted octanol–water partition coefficient (Wildman–Crippen LogP) is 2.29. The van der Waals surface area contributed by atoms with E-state index in [0.717, 1.165) is 9.21 Å². The number of halogens is 2. The van der Waals surface area contributed by atoms with Crippen molar-refractivity contribution in [2.75, 3.05) is 26.2 Å². The maximum absolute atomic E-state index is 13.4. The minimum Gasteiger partial charge on any atom is -0.410 e. The summed E-state index contributed by atoms with van der Waals surface area (Å²) in [6, 6.07) is 12.1. The number of nitrogens with two attached hydrogens (primary N) is 1. The van der Waals surface area contributed by atoms with E-state index in [-0.39, 0.29) is 46.9 Å². The Morgan fingerprint density at radius 1 is 1.09 bits per heavy atom. The zero-order chi connectivity index (χ0) is 23.3. The molecule has 0 aromatic heterocycles. The van der Waals surface area contributed by atoms with E-state index in [1.54, 1.807) is 30.3 Å². The monoisotopic (exact) mass is 500 g/mol. The number of carbonyl (C=O) groups is 2. The van der Waals surface area contributed by atoms with Crippen molar-refractivity contribution in [2.45, 2.75) is 17.5 Å². The Bertz CT molecular complexity index is 1080. The molecule has 1 atom stereocenters. The number of hydrogen-bond acceptors (Lipinski definition) is 6. The summed E-state index contributed by atoms with van der Waals surface area (Å²) in [4.78, 5) is 26.8. The maximum atomic E-state index is 13.4. The van der Waals surface area contributed by atoms with Crippen molar-refractivity contribution < 1.29 is 22.7 Å². The third-order valence-electron chi connectivity index (χ3n) is 4.70. The molecule has 3 rings (SSSR count). The first-order valence-electron chi connectivity index (χ1n) is 9.74. The van der Waals surface area contributed by atoms with Gasteiger partial charge in [-0.05, 0) is 36.8 Å². The molecular weight excluding hydrogens is 479 g/mol. The summed E-state index contributed by atoms with van der Waals surface area (Å²) in [6.45, 7) is 0.391. The molecule has 9 nitrogen and oxygen atoms in total. The van der Waals surface area contributed by atoms with Crippen LogP contribution in [0.25, 0.3) is 0 Å². The molecule has 0 aliphatic carbocycles. The van der Waals surface area contributed by atoms with Gasteiger partial charge in [0.05, 0.1) is 14.9 Å². The fourth-order valence-corrected chi connectivity index (χ4v) is 5.20. The summed E-state index contributed by atoms with van der Waals surface area (Å²) in [5, 5.41) is 2.80. The number of sulfonamides is 1. The van der Waals surface area contributed by atoms with E-state index in [4.69, 9.17) is 33.7 Å². The van der Waals surface area contributed by atoms with Crippen LogP contribution >= 0.6 is 23.2 Å². The lowest BCUT2D eigenvalue weighted by molar-refractivity contribution is -0.131. The fourth-order valence-electron chi connectivity index (χ4n) is 3.22. The Kier molecular flexibility index (Phi) is 7.96. The first-order valence-corrected chi connectivity index (χ1v) is 11.9. The van der Waals surface area contributed by atoms with Gasteiger partial charge in [0.15, 0.2) is 6.17 Å². The maximum Gasteiger partial charge on any atom is 0.416 e. The average molecular weight is 501 g/mol. The molecule has 0 radical (unpaired) electrons. The molecule has 32 heavy (non-hydrogen) atoms. The van der Waals surface area contributed by atoms with Gasteiger partial charge in [-0.25, -0.2) is 13.2 Å². The number of hydrogen-bond donors (Lipinski definition) is 2. The molecule has 2 aromatic rings. The standard InChI is InChI=1S/C20H22Cl2N4O5S/c21-16-8-7-15(13-17(16)22)32(29,30)26-12-4-11-25(19(26)18(27)24-10-9-23)20(28)31-14-5-2-1-3-6-14/h1-3,5-8,13,19H,4,9-12,23H2,(H,24,27). The lowest BCUT2D eigenvalue weighted by Crippen LogP contribution is -2.64. The summed E-state index contributed by atoms with van der Waals surface area (Å²) in [7, 11) is -4.21. The smallest absolute Gasteiger partial charge is 0.410 e. The lowest BCUT2D eigenvalue weighted by Gasteiger charge is -2.41. The fraction of sp³-hybridized carbons (Fsp3) is 0.300. The molecule has 1 fully saturated rings. The van der Waals surface area contributed by atoms with Crippen LogP contribution in [0.15, 0.2) is 53.4 Å². The van der Waals surface area contributed by atoms with Crippen molar-refractivity contribution in [2.24, 2.45) is 5.73 Å². The van der Waals surface area contributed by atoms with Crippen molar-refractivity contribution in [1.82, 2.24) is 14.5 Å². The quantitative estimate of drug-likeness (QED) is 0.627. The molecular formula is C20H22Cl2N4O5S. The number of ether oxygens (including phenoxy) is 1. The van der Waals surface area contributed by atoms with E-state index in [1.165, 1.54) is 18.2 Å². The van der Waals surface area contributed by atoms with Crippen molar-refractivity contribution in [3.63, 3.8) is 0 Å². The number of amides is 2. The number of benzene rings is 2. The second kappa shape index (κ2) is 10.5. The van der Waals surface area contributed by atoms with Gasteiger partial charge in [-0.15, -0.1) is 0 Å². The van der Waals surface area contributed by atoms with Crippen LogP contribution in [0.3, 0.4) is 0 Å². The largest absolute Gasteiger partial charge is 0.416 e. The van der Waals surface area contributed by atoms with Gasteiger partial charge in [-0.2, -0.15) is 4.31 Å². The summed E-state index contributed by atoms with van der Waals surface area (Å²) < 4.78 is 33.1. The van der Waals surface area contributed by atoms with Crippen LogP contribution in [-0.4, -0.2) is 62.0 Å². The molecule has 0 saturated carbocycles. The molecule has 172 valence electrons. The van der Waals surface area contributed by atoms with Crippen molar-refractivity contribution >= 4 is 45.2 Å². The summed E-state index contributed by atoms with van der Waals surface area (Å²) in [5.41, 5.74) is 5.47. The highest BCUT2D eigenvalue weighted by molar-refractivity contribution is 7.89. The van der Waals surface area contributed by atoms with Gasteiger partial charge < -0.3 is 15.8 Å². The van der Waals surface area contributed by atoms with E-state index >= 15 is 0 Å². The zero-order valence-electron chi connectivity index (χ0n) is 16.9. The number of nitrogens with zero attached hydrogens (tertiary/aromatic N) is 2. The molecule has 1 heterocycles. The van der Waals surface area contributed by atoms with E-state index in [0.29, 0.717) is 6.42 Å². The molecule has 0 bridgehead atoms. The minimum absolute atomic E-state index is 0.0123. The Balaban J connectivity index is 1.96. The molecule has 0 spiro atoms. The molecule has 12 heteroatoms. The minimum atomic E-state index is -4.21. The summed E-state index contributed by atoms with van der Waals surface area (Å²) in [6.07, 6.45) is -2.02. The molecule has 1 saturated heterocycles. The van der Waals surface area contributed by atoms with Crippen LogP contribution in [0.1, 0.15) is 6.42 Å². The molecule has 2 aromatic carbocycles. The van der Waals surface area contributed by atoms with Crippen LogP contribution in [0.4, 0.5) is 4.79 Å². The van der Waals surface area contributed by atoms with Crippen molar-refractivity contribution in [3.8, 4) is 5.75 Å². The number of rotatable bonds is 6. The second-order valence-corrected chi connectivity index (χ2v) is 9.58. The predicted molar refractivity (Wildman–Crippen MR) is 120 cm³/mol. The molecule has 1 unspecified atom stereocenters. The Labute approximate surface area is 196 Å². The Hall–Kier alpha value is -2.37. The van der Waals surface area contributed by atoms with Gasteiger partial charge in [-0.1, -0.05) is 41.4 Å². The Morgan fingerprint density at radius 3 is 2.47 bits per heavy atom. The highest BCUT2D eigenvalue weighted by atomic mass is 35.5. The van der Waals surface area contributed by atoms with Crippen LogP contribution in [0.2, 0.25) is 10.0 Å². The van der Waals surface area contributed by atoms with E-state index < -0.39 is 28.2 Å². The van der Waals surface area contributed by atoms with Gasteiger partial charge >= 0.3 is 6.09 Å². The van der Waals surface area contributed by atoms with Gasteiger partial charge in [0.2, 0.25) is 10.0 Å². The Morgan fingerprint density at radius 2 is 1.81 bits per heavy atom. The topological polar surface area (TPSA) is 122 Å². The second-order valence-electron chi connectivity index (χ2n) is 6.87. The number of para-hydroxylation sites is 1. The van der Waals surface area contributed by atoms with Gasteiger partial charge in [0.1, 0.15) is 5.75 Å². The highest BCUT2D eigenvalue weighted by Gasteiger charge is 2.44. The van der Waals surface area contributed by atoms with Crippen molar-refractivity contribution in [1.29, 1.82) is 0 Å². The molecule has 3 N–H and O–H groups in total. The first-order chi connectivity index (χ1) is 15.3. The van der Waals surface area contributed by atoms with Crippen molar-refractivity contribution in [3.05, 3.63) is 58.6 Å². The van der Waals surface area contributed by atoms with Gasteiger partial charge in [-0.3, -0.25) is 9.69 Å². The first kappa shape index (κ1) is 24.3. The van der Waals surface area contributed by atoms with Gasteiger partial charge in [0.25, 0.3) is 5.91 Å². The van der Waals surface area contributed by atoms with Crippen LogP contribution < -0.4 is 15.8 Å². The summed E-state index contributed by atoms with van der Waals surface area (Å²) >= 11 is 11.9. The average Bonchev–Trinajstić information content (AvgIpc) is 2.79. The van der Waals surface area contributed by atoms with E-state index in [1.807, 2.05) is 0 Å². The third-order valence-corrected chi connectivity index (χ3v) is 7.29. The van der Waals surface area contributed by atoms with Crippen LogP contribution in [0.5, 0.6) is 5.75 Å². The zero-order valence-corrected chi connectivity index (χ0v) is 19.2. The highest BCUT2D eigenvalue weighted by Crippen LogP contribution is 2.29. The van der Waals surface area contributed by atoms with Crippen LogP contribution in [0, 0.1) is 0 Å². The normalized spacial score (nSPS) is 17.1. The number of nitrogens with one attached hydrogen (secondary N) is 1. The van der Waals surface area contributed by atoms with E-state index in [2.05, 4.69) is 5.32 Å². The third kappa shape index (κ3) is 5.33. The lowest BCUT2D eigenvalue weighted by atomic mass is 10.2. The molecule has 1 aliphatic rings. The summed E-state index contributed by atoms with van der Waals surface area (Å²) in [5.74, 6) is -0.424. The van der Waals surface area contributed by atoms with E-state index in [9.17, 15) is 18.0 Å². The molecule has 1 aliphatic heterocycles.